The maximum absolute atomic E-state index is 11.9. The molecule has 4 rings (SSSR count). The molecular formula is C21H22ClN7O2. The van der Waals surface area contributed by atoms with Crippen molar-refractivity contribution in [3.63, 3.8) is 0 Å². The van der Waals surface area contributed by atoms with E-state index in [4.69, 9.17) is 11.6 Å². The Morgan fingerprint density at radius 3 is 2.52 bits per heavy atom. The Morgan fingerprint density at radius 2 is 1.84 bits per heavy atom. The Bertz CT molecular complexity index is 1050. The second-order valence-corrected chi connectivity index (χ2v) is 7.61. The summed E-state index contributed by atoms with van der Waals surface area (Å²) in [6.45, 7) is 4.86. The number of piperazine rings is 1. The number of aromatic nitrogens is 3. The molecule has 0 spiro atoms. The lowest BCUT2D eigenvalue weighted by molar-refractivity contribution is -0.383. The molecule has 160 valence electrons. The van der Waals surface area contributed by atoms with Gasteiger partial charge in [0.1, 0.15) is 12.1 Å². The fourth-order valence-electron chi connectivity index (χ4n) is 3.65. The van der Waals surface area contributed by atoms with Crippen molar-refractivity contribution in [1.29, 1.82) is 0 Å². The van der Waals surface area contributed by atoms with Gasteiger partial charge in [0.25, 0.3) is 0 Å². The zero-order chi connectivity index (χ0) is 21.8. The van der Waals surface area contributed by atoms with Crippen LogP contribution >= 0.6 is 11.6 Å². The molecule has 1 N–H and O–H groups in total. The van der Waals surface area contributed by atoms with Crippen LogP contribution in [0.5, 0.6) is 0 Å². The normalized spacial score (nSPS) is 13.9. The maximum atomic E-state index is 11.9. The molecule has 31 heavy (non-hydrogen) atoms. The Balaban J connectivity index is 1.53. The lowest BCUT2D eigenvalue weighted by atomic mass is 10.1. The first-order chi connectivity index (χ1) is 15.0. The van der Waals surface area contributed by atoms with Crippen molar-refractivity contribution >= 4 is 34.7 Å². The van der Waals surface area contributed by atoms with Crippen molar-refractivity contribution in [2.24, 2.45) is 0 Å². The molecule has 1 fully saturated rings. The number of anilines is 3. The molecule has 0 bridgehead atoms. The van der Waals surface area contributed by atoms with E-state index in [1.807, 2.05) is 42.2 Å². The third-order valence-corrected chi connectivity index (χ3v) is 5.68. The molecule has 0 radical (unpaired) electrons. The van der Waals surface area contributed by atoms with E-state index >= 15 is 0 Å². The van der Waals surface area contributed by atoms with Gasteiger partial charge in [-0.05, 0) is 36.2 Å². The molecular weight excluding hydrogens is 418 g/mol. The number of aryl methyl sites for hydroxylation is 1. The highest BCUT2D eigenvalue weighted by atomic mass is 35.5. The van der Waals surface area contributed by atoms with Gasteiger partial charge in [0, 0.05) is 43.9 Å². The number of halogens is 1. The van der Waals surface area contributed by atoms with Gasteiger partial charge in [-0.15, -0.1) is 0 Å². The first-order valence-corrected chi connectivity index (χ1v) is 10.3. The molecule has 3 heterocycles. The number of nitrogens with zero attached hydrogens (tertiary/aromatic N) is 6. The molecule has 9 nitrogen and oxygen atoms in total. The molecule has 3 aromatic rings. The van der Waals surface area contributed by atoms with Gasteiger partial charge in [-0.25, -0.2) is 15.0 Å². The SMILES string of the molecule is Cc1cccc(Cl)c1CNc1ncnc(N2CCN(c3ccccn3)CC2)c1[N+](=O)[O-]. The van der Waals surface area contributed by atoms with Crippen molar-refractivity contribution < 1.29 is 4.92 Å². The average molecular weight is 440 g/mol. The zero-order valence-electron chi connectivity index (χ0n) is 17.0. The molecule has 0 saturated carbocycles. The van der Waals surface area contributed by atoms with Crippen LogP contribution in [0.2, 0.25) is 5.02 Å². The minimum absolute atomic E-state index is 0.126. The number of hydrogen-bond acceptors (Lipinski definition) is 8. The second-order valence-electron chi connectivity index (χ2n) is 7.20. The average Bonchev–Trinajstić information content (AvgIpc) is 2.79. The predicted octanol–water partition coefficient (Wildman–Crippen LogP) is 3.68. The summed E-state index contributed by atoms with van der Waals surface area (Å²) >= 11 is 6.29. The molecule has 10 heteroatoms. The van der Waals surface area contributed by atoms with Crippen molar-refractivity contribution in [3.05, 3.63) is 75.2 Å². The summed E-state index contributed by atoms with van der Waals surface area (Å²) in [5.74, 6) is 1.40. The molecule has 1 aliphatic heterocycles. The van der Waals surface area contributed by atoms with Crippen molar-refractivity contribution in [1.82, 2.24) is 15.0 Å². The molecule has 1 aromatic carbocycles. The highest BCUT2D eigenvalue weighted by Crippen LogP contribution is 2.33. The summed E-state index contributed by atoms with van der Waals surface area (Å²) in [4.78, 5) is 28.3. The summed E-state index contributed by atoms with van der Waals surface area (Å²) in [6.07, 6.45) is 3.12. The first-order valence-electron chi connectivity index (χ1n) is 9.93. The number of hydrogen-bond donors (Lipinski definition) is 1. The third-order valence-electron chi connectivity index (χ3n) is 5.32. The first kappa shape index (κ1) is 20.8. The molecule has 1 aliphatic rings. The van der Waals surface area contributed by atoms with Crippen LogP contribution in [0, 0.1) is 17.0 Å². The van der Waals surface area contributed by atoms with Crippen LogP contribution in [0.1, 0.15) is 11.1 Å². The van der Waals surface area contributed by atoms with E-state index in [2.05, 4.69) is 25.2 Å². The summed E-state index contributed by atoms with van der Waals surface area (Å²) < 4.78 is 0. The summed E-state index contributed by atoms with van der Waals surface area (Å²) in [5.41, 5.74) is 1.75. The van der Waals surface area contributed by atoms with Gasteiger partial charge in [-0.3, -0.25) is 10.1 Å². The minimum Gasteiger partial charge on any atom is -0.360 e. The zero-order valence-corrected chi connectivity index (χ0v) is 17.8. The van der Waals surface area contributed by atoms with Crippen LogP contribution in [0.15, 0.2) is 48.9 Å². The highest BCUT2D eigenvalue weighted by molar-refractivity contribution is 6.31. The van der Waals surface area contributed by atoms with Gasteiger partial charge in [0.2, 0.25) is 11.6 Å². The van der Waals surface area contributed by atoms with E-state index in [0.717, 1.165) is 16.9 Å². The Morgan fingerprint density at radius 1 is 1.06 bits per heavy atom. The van der Waals surface area contributed by atoms with Crippen LogP contribution in [0.3, 0.4) is 0 Å². The van der Waals surface area contributed by atoms with E-state index in [1.165, 1.54) is 6.33 Å². The molecule has 0 amide bonds. The number of benzene rings is 1. The monoisotopic (exact) mass is 439 g/mol. The van der Waals surface area contributed by atoms with Gasteiger partial charge < -0.3 is 15.1 Å². The van der Waals surface area contributed by atoms with Gasteiger partial charge in [-0.1, -0.05) is 29.8 Å². The van der Waals surface area contributed by atoms with Gasteiger partial charge in [0.15, 0.2) is 0 Å². The number of rotatable bonds is 6. The summed E-state index contributed by atoms with van der Waals surface area (Å²) in [5, 5.41) is 15.6. The lowest BCUT2D eigenvalue weighted by Gasteiger charge is -2.35. The largest absolute Gasteiger partial charge is 0.360 e. The van der Waals surface area contributed by atoms with Gasteiger partial charge in [-0.2, -0.15) is 0 Å². The topological polar surface area (TPSA) is 100 Å². The van der Waals surface area contributed by atoms with Crippen LogP contribution in [0.4, 0.5) is 23.1 Å². The van der Waals surface area contributed by atoms with E-state index in [-0.39, 0.29) is 11.5 Å². The van der Waals surface area contributed by atoms with Gasteiger partial charge >= 0.3 is 5.69 Å². The van der Waals surface area contributed by atoms with E-state index in [1.54, 1.807) is 12.3 Å². The fourth-order valence-corrected chi connectivity index (χ4v) is 3.94. The molecule has 0 aliphatic carbocycles. The summed E-state index contributed by atoms with van der Waals surface area (Å²) in [6, 6.07) is 11.4. The quantitative estimate of drug-likeness (QED) is 0.458. The number of pyridine rings is 1. The number of nitrogens with one attached hydrogen (secondary N) is 1. The Kier molecular flexibility index (Phi) is 6.13. The highest BCUT2D eigenvalue weighted by Gasteiger charge is 2.29. The van der Waals surface area contributed by atoms with Crippen LogP contribution < -0.4 is 15.1 Å². The fraction of sp³-hybridized carbons (Fsp3) is 0.286. The van der Waals surface area contributed by atoms with Crippen LogP contribution in [0.25, 0.3) is 0 Å². The Labute approximate surface area is 184 Å². The lowest BCUT2D eigenvalue weighted by Crippen LogP contribution is -2.47. The molecule has 0 unspecified atom stereocenters. The summed E-state index contributed by atoms with van der Waals surface area (Å²) in [7, 11) is 0. The van der Waals surface area contributed by atoms with Crippen molar-refractivity contribution in [2.75, 3.05) is 41.3 Å². The number of nitro groups is 1. The van der Waals surface area contributed by atoms with E-state index in [9.17, 15) is 10.1 Å². The van der Waals surface area contributed by atoms with Crippen LogP contribution in [-0.4, -0.2) is 46.1 Å². The van der Waals surface area contributed by atoms with Crippen molar-refractivity contribution in [3.8, 4) is 0 Å². The maximum Gasteiger partial charge on any atom is 0.353 e. The molecule has 1 saturated heterocycles. The third kappa shape index (κ3) is 4.51. The van der Waals surface area contributed by atoms with E-state index < -0.39 is 4.92 Å². The molecule has 2 aromatic heterocycles. The smallest absolute Gasteiger partial charge is 0.353 e. The Hall–Kier alpha value is -3.46. The molecule has 0 atom stereocenters. The standard InChI is InChI=1S/C21H22ClN7O2/c1-15-5-4-6-17(22)16(15)13-24-20-19(29(30)31)21(26-14-25-20)28-11-9-27(10-12-28)18-7-2-3-8-23-18/h2-8,14H,9-13H2,1H3,(H,24,25,26). The van der Waals surface area contributed by atoms with Crippen LogP contribution in [-0.2, 0) is 6.54 Å². The predicted molar refractivity (Wildman–Crippen MR) is 121 cm³/mol. The van der Waals surface area contributed by atoms with Crippen molar-refractivity contribution in [2.45, 2.75) is 13.5 Å². The van der Waals surface area contributed by atoms with E-state index in [0.29, 0.717) is 43.6 Å². The second kappa shape index (κ2) is 9.13. The van der Waals surface area contributed by atoms with Gasteiger partial charge in [0.05, 0.1) is 4.92 Å². The minimum atomic E-state index is -0.428.